The molecular formula is C25H21ClF5N3O2. The minimum Gasteiger partial charge on any atom is -0.483 e. The lowest BCUT2D eigenvalue weighted by atomic mass is 10.2. The van der Waals surface area contributed by atoms with Crippen LogP contribution in [0, 0.1) is 36.0 Å². The summed E-state index contributed by atoms with van der Waals surface area (Å²) in [6, 6.07) is 12.2. The molecule has 1 heterocycles. The van der Waals surface area contributed by atoms with Crippen molar-refractivity contribution < 1.29 is 31.5 Å². The van der Waals surface area contributed by atoms with Crippen molar-refractivity contribution in [3.63, 3.8) is 0 Å². The fraction of sp³-hybridized carbons (Fsp3) is 0.240. The molecule has 5 nitrogen and oxygen atoms in total. The normalized spacial score (nSPS) is 13.6. The molecule has 36 heavy (non-hydrogen) atoms. The van der Waals surface area contributed by atoms with Crippen LogP contribution in [0.25, 0.3) is 0 Å². The smallest absolute Gasteiger partial charge is 0.262 e. The highest BCUT2D eigenvalue weighted by atomic mass is 35.5. The molecule has 1 aliphatic heterocycles. The average Bonchev–Trinajstić information content (AvgIpc) is 2.86. The van der Waals surface area contributed by atoms with Crippen molar-refractivity contribution in [1.29, 1.82) is 0 Å². The molecule has 1 fully saturated rings. The summed E-state index contributed by atoms with van der Waals surface area (Å²) in [6.07, 6.45) is 0. The Kier molecular flexibility index (Phi) is 7.53. The molecule has 0 saturated carbocycles. The quantitative estimate of drug-likeness (QED) is 0.255. The highest BCUT2D eigenvalue weighted by Gasteiger charge is 2.31. The van der Waals surface area contributed by atoms with E-state index in [1.807, 2.05) is 30.0 Å². The molecular weight excluding hydrogens is 505 g/mol. The molecule has 1 N–H and O–H groups in total. The van der Waals surface area contributed by atoms with Crippen molar-refractivity contribution in [3.05, 3.63) is 82.1 Å². The highest BCUT2D eigenvalue weighted by molar-refractivity contribution is 6.33. The highest BCUT2D eigenvalue weighted by Crippen LogP contribution is 2.33. The van der Waals surface area contributed by atoms with E-state index in [1.165, 1.54) is 0 Å². The van der Waals surface area contributed by atoms with E-state index in [4.69, 9.17) is 16.3 Å². The Morgan fingerprint density at radius 3 is 2.08 bits per heavy atom. The predicted molar refractivity (Wildman–Crippen MR) is 127 cm³/mol. The molecule has 0 unspecified atom stereocenters. The molecule has 0 radical (unpaired) electrons. The molecule has 0 atom stereocenters. The first-order valence-electron chi connectivity index (χ1n) is 11.0. The van der Waals surface area contributed by atoms with Crippen LogP contribution in [0.15, 0.2) is 42.5 Å². The first kappa shape index (κ1) is 25.6. The van der Waals surface area contributed by atoms with E-state index in [1.54, 1.807) is 24.3 Å². The van der Waals surface area contributed by atoms with Crippen LogP contribution < -0.4 is 19.9 Å². The maximum atomic E-state index is 14.2. The summed E-state index contributed by atoms with van der Waals surface area (Å²) in [5.74, 6) is -9.63. The number of anilines is 3. The van der Waals surface area contributed by atoms with Crippen LogP contribution in [0.4, 0.5) is 39.0 Å². The van der Waals surface area contributed by atoms with Crippen molar-refractivity contribution >= 4 is 34.6 Å². The Balaban J connectivity index is 1.38. The Morgan fingerprint density at radius 2 is 1.47 bits per heavy atom. The molecule has 190 valence electrons. The van der Waals surface area contributed by atoms with Crippen molar-refractivity contribution in [2.75, 3.05) is 47.9 Å². The first-order valence-corrected chi connectivity index (χ1v) is 11.3. The second-order valence-electron chi connectivity index (χ2n) is 8.16. The number of amides is 1. The van der Waals surface area contributed by atoms with Crippen molar-refractivity contribution in [1.82, 2.24) is 0 Å². The van der Waals surface area contributed by atoms with Gasteiger partial charge in [-0.05, 0) is 36.8 Å². The minimum absolute atomic E-state index is 0.00338. The van der Waals surface area contributed by atoms with E-state index in [9.17, 15) is 26.7 Å². The summed E-state index contributed by atoms with van der Waals surface area (Å²) < 4.78 is 74.3. The second-order valence-corrected chi connectivity index (χ2v) is 8.57. The SMILES string of the molecule is Cc1ccccc1OCC(=O)Nc1ccc(N2CCN(c3c(F)c(F)c(F)c(F)c3F)CC2)c(Cl)c1. The van der Waals surface area contributed by atoms with Gasteiger partial charge in [-0.3, -0.25) is 4.79 Å². The van der Waals surface area contributed by atoms with Gasteiger partial charge in [0.05, 0.1) is 10.7 Å². The number of nitrogens with zero attached hydrogens (tertiary/aromatic N) is 2. The van der Waals surface area contributed by atoms with Gasteiger partial charge < -0.3 is 19.9 Å². The molecule has 3 aromatic carbocycles. The van der Waals surface area contributed by atoms with Gasteiger partial charge in [-0.1, -0.05) is 29.8 Å². The zero-order chi connectivity index (χ0) is 26.0. The molecule has 0 spiro atoms. The number of carbonyl (C=O) groups is 1. The van der Waals surface area contributed by atoms with Crippen molar-refractivity contribution in [3.8, 4) is 5.75 Å². The third-order valence-electron chi connectivity index (χ3n) is 5.81. The van der Waals surface area contributed by atoms with Gasteiger partial charge in [0.25, 0.3) is 5.91 Å². The molecule has 1 amide bonds. The predicted octanol–water partition coefficient (Wildman–Crippen LogP) is 5.69. The summed E-state index contributed by atoms with van der Waals surface area (Å²) >= 11 is 6.40. The lowest BCUT2D eigenvalue weighted by Gasteiger charge is -2.38. The van der Waals surface area contributed by atoms with Crippen LogP contribution in [-0.2, 0) is 4.79 Å². The van der Waals surface area contributed by atoms with Crippen LogP contribution in [0.3, 0.4) is 0 Å². The number of para-hydroxylation sites is 1. The summed E-state index contributed by atoms with van der Waals surface area (Å²) in [7, 11) is 0. The van der Waals surface area contributed by atoms with Gasteiger partial charge in [0.2, 0.25) is 5.82 Å². The van der Waals surface area contributed by atoms with E-state index >= 15 is 0 Å². The van der Waals surface area contributed by atoms with E-state index < -0.39 is 34.8 Å². The van der Waals surface area contributed by atoms with Gasteiger partial charge in [-0.25, -0.2) is 22.0 Å². The molecule has 0 bridgehead atoms. The average molecular weight is 526 g/mol. The maximum Gasteiger partial charge on any atom is 0.262 e. The number of nitrogens with one attached hydrogen (secondary N) is 1. The number of rotatable bonds is 6. The molecule has 0 aliphatic carbocycles. The molecule has 3 aromatic rings. The number of halogens is 6. The summed E-state index contributed by atoms with van der Waals surface area (Å²) in [6.45, 7) is 2.12. The number of hydrogen-bond donors (Lipinski definition) is 1. The van der Waals surface area contributed by atoms with E-state index in [-0.39, 0.29) is 38.7 Å². The lowest BCUT2D eigenvalue weighted by molar-refractivity contribution is -0.118. The number of carbonyl (C=O) groups excluding carboxylic acids is 1. The summed E-state index contributed by atoms with van der Waals surface area (Å²) in [5.41, 5.74) is 1.01. The number of benzene rings is 3. The fourth-order valence-corrected chi connectivity index (χ4v) is 4.24. The van der Waals surface area contributed by atoms with Crippen LogP contribution in [0.2, 0.25) is 5.02 Å². The molecule has 1 aliphatic rings. The van der Waals surface area contributed by atoms with Crippen molar-refractivity contribution in [2.45, 2.75) is 6.92 Å². The Bertz CT molecular complexity index is 1270. The first-order chi connectivity index (χ1) is 17.2. The Hall–Kier alpha value is -3.53. The van der Waals surface area contributed by atoms with Crippen LogP contribution in [0.5, 0.6) is 5.75 Å². The fourth-order valence-electron chi connectivity index (χ4n) is 3.94. The van der Waals surface area contributed by atoms with Crippen LogP contribution in [0.1, 0.15) is 5.56 Å². The molecule has 11 heteroatoms. The monoisotopic (exact) mass is 525 g/mol. The lowest BCUT2D eigenvalue weighted by Crippen LogP contribution is -2.47. The number of ether oxygens (including phenoxy) is 1. The largest absolute Gasteiger partial charge is 0.483 e. The minimum atomic E-state index is -2.19. The van der Waals surface area contributed by atoms with Gasteiger partial charge in [0.15, 0.2) is 29.9 Å². The van der Waals surface area contributed by atoms with Crippen LogP contribution in [-0.4, -0.2) is 38.7 Å². The zero-order valence-corrected chi connectivity index (χ0v) is 19.8. The van der Waals surface area contributed by atoms with Gasteiger partial charge in [-0.2, -0.15) is 0 Å². The molecule has 0 aromatic heterocycles. The maximum absolute atomic E-state index is 14.2. The Labute approximate surface area is 209 Å². The molecule has 4 rings (SSSR count). The topological polar surface area (TPSA) is 44.8 Å². The third kappa shape index (κ3) is 5.18. The number of hydrogen-bond acceptors (Lipinski definition) is 4. The molecule has 1 saturated heterocycles. The van der Waals surface area contributed by atoms with E-state index in [2.05, 4.69) is 5.32 Å². The third-order valence-corrected chi connectivity index (χ3v) is 6.11. The van der Waals surface area contributed by atoms with Gasteiger partial charge in [0, 0.05) is 31.9 Å². The second kappa shape index (κ2) is 10.6. The van der Waals surface area contributed by atoms with E-state index in [0.717, 1.165) is 10.5 Å². The van der Waals surface area contributed by atoms with Crippen molar-refractivity contribution in [2.24, 2.45) is 0 Å². The zero-order valence-electron chi connectivity index (χ0n) is 19.1. The Morgan fingerprint density at radius 1 is 0.889 bits per heavy atom. The summed E-state index contributed by atoms with van der Waals surface area (Å²) in [4.78, 5) is 15.2. The van der Waals surface area contributed by atoms with E-state index in [0.29, 0.717) is 22.1 Å². The summed E-state index contributed by atoms with van der Waals surface area (Å²) in [5, 5.41) is 3.02. The number of aryl methyl sites for hydroxylation is 1. The van der Waals surface area contributed by atoms with Gasteiger partial charge in [-0.15, -0.1) is 0 Å². The van der Waals surface area contributed by atoms with Gasteiger partial charge in [0.1, 0.15) is 11.4 Å². The van der Waals surface area contributed by atoms with Gasteiger partial charge >= 0.3 is 0 Å². The number of piperazine rings is 1. The van der Waals surface area contributed by atoms with Crippen LogP contribution >= 0.6 is 11.6 Å². The standard InChI is InChI=1S/C25H21ClF5N3O2/c1-14-4-2-3-5-18(14)36-13-19(35)32-15-6-7-17(16(26)12-15)33-8-10-34(11-9-33)25-23(30)21(28)20(27)22(29)24(25)31/h2-7,12H,8-11,13H2,1H3,(H,32,35).